The quantitative estimate of drug-likeness (QED) is 0.573. The fourth-order valence-corrected chi connectivity index (χ4v) is 1.26. The van der Waals surface area contributed by atoms with Gasteiger partial charge >= 0.3 is 0 Å². The number of unbranched alkanes of at least 4 members (excludes halogenated alkanes) is 1. The molecule has 0 aromatic heterocycles. The summed E-state index contributed by atoms with van der Waals surface area (Å²) in [4.78, 5) is 11.0. The third-order valence-electron chi connectivity index (χ3n) is 1.91. The number of hydrogen-bond acceptors (Lipinski definition) is 2. The summed E-state index contributed by atoms with van der Waals surface area (Å²) in [5.74, 6) is -0.230. The van der Waals surface area contributed by atoms with Crippen molar-refractivity contribution in [1.82, 2.24) is 0 Å². The first-order valence-electron chi connectivity index (χ1n) is 4.77. The summed E-state index contributed by atoms with van der Waals surface area (Å²) >= 11 is 5.33. The van der Waals surface area contributed by atoms with Crippen molar-refractivity contribution in [2.45, 2.75) is 19.8 Å². The van der Waals surface area contributed by atoms with Crippen LogP contribution in [0.25, 0.3) is 0 Å². The summed E-state index contributed by atoms with van der Waals surface area (Å²) < 4.78 is 18.2. The van der Waals surface area contributed by atoms with Crippen molar-refractivity contribution >= 4 is 16.8 Å². The Labute approximate surface area is 93.0 Å². The van der Waals surface area contributed by atoms with Gasteiger partial charge in [0.05, 0.1) is 12.2 Å². The lowest BCUT2D eigenvalue weighted by Crippen LogP contribution is -2.02. The smallest absolute Gasteiger partial charge is 0.256 e. The second kappa shape index (κ2) is 5.71. The largest absolute Gasteiger partial charge is 0.493 e. The van der Waals surface area contributed by atoms with Gasteiger partial charge in [0, 0.05) is 6.07 Å². The highest BCUT2D eigenvalue weighted by atomic mass is 35.5. The Morgan fingerprint density at radius 1 is 1.53 bits per heavy atom. The lowest BCUT2D eigenvalue weighted by atomic mass is 10.2. The van der Waals surface area contributed by atoms with Gasteiger partial charge in [0.15, 0.2) is 0 Å². The second-order valence-corrected chi connectivity index (χ2v) is 3.46. The molecule has 0 unspecified atom stereocenters. The van der Waals surface area contributed by atoms with E-state index in [1.54, 1.807) is 0 Å². The van der Waals surface area contributed by atoms with Crippen molar-refractivity contribution in [2.24, 2.45) is 0 Å². The maximum absolute atomic E-state index is 12.9. The third-order valence-corrected chi connectivity index (χ3v) is 2.11. The number of carbonyl (C=O) groups is 1. The molecule has 0 radical (unpaired) electrons. The van der Waals surface area contributed by atoms with Crippen molar-refractivity contribution in [3.8, 4) is 5.75 Å². The fourth-order valence-electron chi connectivity index (χ4n) is 1.10. The molecule has 15 heavy (non-hydrogen) atoms. The standard InChI is InChI=1S/C11H12ClFO2/c1-2-3-6-15-10-7-8(13)4-5-9(10)11(12)14/h4-5,7H,2-3,6H2,1H3. The SMILES string of the molecule is CCCCOc1cc(F)ccc1C(=O)Cl. The van der Waals surface area contributed by atoms with E-state index in [4.69, 9.17) is 16.3 Å². The molecule has 0 spiro atoms. The number of rotatable bonds is 5. The zero-order chi connectivity index (χ0) is 11.3. The highest BCUT2D eigenvalue weighted by Gasteiger charge is 2.10. The molecule has 0 aliphatic heterocycles. The van der Waals surface area contributed by atoms with Gasteiger partial charge in [0.25, 0.3) is 5.24 Å². The van der Waals surface area contributed by atoms with Crippen LogP contribution in [0.5, 0.6) is 5.75 Å². The number of hydrogen-bond donors (Lipinski definition) is 0. The molecule has 0 saturated heterocycles. The highest BCUT2D eigenvalue weighted by molar-refractivity contribution is 6.68. The minimum Gasteiger partial charge on any atom is -0.493 e. The Kier molecular flexibility index (Phi) is 4.56. The second-order valence-electron chi connectivity index (χ2n) is 3.12. The lowest BCUT2D eigenvalue weighted by molar-refractivity contribution is 0.107. The lowest BCUT2D eigenvalue weighted by Gasteiger charge is -2.08. The van der Waals surface area contributed by atoms with Crippen LogP contribution in [0.15, 0.2) is 18.2 Å². The van der Waals surface area contributed by atoms with E-state index < -0.39 is 11.1 Å². The molecule has 0 saturated carbocycles. The van der Waals surface area contributed by atoms with Crippen molar-refractivity contribution in [1.29, 1.82) is 0 Å². The van der Waals surface area contributed by atoms with Crippen molar-refractivity contribution in [2.75, 3.05) is 6.61 Å². The van der Waals surface area contributed by atoms with Crippen molar-refractivity contribution < 1.29 is 13.9 Å². The molecule has 0 fully saturated rings. The minimum atomic E-state index is -0.638. The summed E-state index contributed by atoms with van der Waals surface area (Å²) in [6, 6.07) is 3.68. The van der Waals surface area contributed by atoms with E-state index in [1.807, 2.05) is 6.92 Å². The Morgan fingerprint density at radius 3 is 2.87 bits per heavy atom. The van der Waals surface area contributed by atoms with Crippen LogP contribution in [0.1, 0.15) is 30.1 Å². The van der Waals surface area contributed by atoms with E-state index in [-0.39, 0.29) is 11.3 Å². The van der Waals surface area contributed by atoms with Crippen LogP contribution in [0.2, 0.25) is 0 Å². The number of benzene rings is 1. The van der Waals surface area contributed by atoms with E-state index in [1.165, 1.54) is 18.2 Å². The van der Waals surface area contributed by atoms with E-state index >= 15 is 0 Å². The van der Waals surface area contributed by atoms with Crippen molar-refractivity contribution in [3.05, 3.63) is 29.6 Å². The van der Waals surface area contributed by atoms with Crippen LogP contribution in [0.4, 0.5) is 4.39 Å². The molecule has 0 heterocycles. The molecule has 1 rings (SSSR count). The van der Waals surface area contributed by atoms with Crippen LogP contribution in [-0.2, 0) is 0 Å². The molecular formula is C11H12ClFO2. The van der Waals surface area contributed by atoms with Gasteiger partial charge in [-0.2, -0.15) is 0 Å². The molecule has 0 aliphatic rings. The van der Waals surface area contributed by atoms with E-state index in [9.17, 15) is 9.18 Å². The zero-order valence-corrected chi connectivity index (χ0v) is 9.18. The predicted molar refractivity (Wildman–Crippen MR) is 57.0 cm³/mol. The Balaban J connectivity index is 2.82. The molecule has 1 aromatic rings. The van der Waals surface area contributed by atoms with Gasteiger partial charge < -0.3 is 4.74 Å². The molecule has 82 valence electrons. The molecule has 0 N–H and O–H groups in total. The predicted octanol–water partition coefficient (Wildman–Crippen LogP) is 3.38. The summed E-state index contributed by atoms with van der Waals surface area (Å²) in [6.45, 7) is 2.47. The monoisotopic (exact) mass is 230 g/mol. The average Bonchev–Trinajstić information content (AvgIpc) is 2.18. The molecule has 0 atom stereocenters. The van der Waals surface area contributed by atoms with Crippen LogP contribution < -0.4 is 4.74 Å². The summed E-state index contributed by atoms with van der Waals surface area (Å²) in [6.07, 6.45) is 1.83. The van der Waals surface area contributed by atoms with Crippen molar-refractivity contribution in [3.63, 3.8) is 0 Å². The fraction of sp³-hybridized carbons (Fsp3) is 0.364. The van der Waals surface area contributed by atoms with Gasteiger partial charge in [-0.05, 0) is 30.2 Å². The molecule has 0 amide bonds. The number of ether oxygens (including phenoxy) is 1. The first-order chi connectivity index (χ1) is 7.15. The summed E-state index contributed by atoms with van der Waals surface area (Å²) in [5, 5.41) is -0.638. The summed E-state index contributed by atoms with van der Waals surface area (Å²) in [5.41, 5.74) is 0.203. The molecule has 4 heteroatoms. The van der Waals surface area contributed by atoms with Gasteiger partial charge in [-0.15, -0.1) is 0 Å². The van der Waals surface area contributed by atoms with Gasteiger partial charge in [-0.3, -0.25) is 4.79 Å². The number of carbonyl (C=O) groups excluding carboxylic acids is 1. The van der Waals surface area contributed by atoms with E-state index in [0.717, 1.165) is 12.8 Å². The molecule has 0 bridgehead atoms. The van der Waals surface area contributed by atoms with Gasteiger partial charge in [0.2, 0.25) is 0 Å². The van der Waals surface area contributed by atoms with Gasteiger partial charge in [0.1, 0.15) is 11.6 Å². The molecular weight excluding hydrogens is 219 g/mol. The first-order valence-corrected chi connectivity index (χ1v) is 5.15. The van der Waals surface area contributed by atoms with Crippen LogP contribution in [0.3, 0.4) is 0 Å². The third kappa shape index (κ3) is 3.51. The summed E-state index contributed by atoms with van der Waals surface area (Å²) in [7, 11) is 0. The average molecular weight is 231 g/mol. The minimum absolute atomic E-state index is 0.203. The highest BCUT2D eigenvalue weighted by Crippen LogP contribution is 2.22. The molecule has 0 aliphatic carbocycles. The van der Waals surface area contributed by atoms with Crippen LogP contribution in [0, 0.1) is 5.82 Å². The van der Waals surface area contributed by atoms with Gasteiger partial charge in [-0.25, -0.2) is 4.39 Å². The van der Waals surface area contributed by atoms with Crippen LogP contribution >= 0.6 is 11.6 Å². The maximum Gasteiger partial charge on any atom is 0.256 e. The zero-order valence-electron chi connectivity index (χ0n) is 8.43. The normalized spacial score (nSPS) is 10.1. The van der Waals surface area contributed by atoms with Crippen LogP contribution in [-0.4, -0.2) is 11.8 Å². The first kappa shape index (κ1) is 12.0. The van der Waals surface area contributed by atoms with E-state index in [2.05, 4.69) is 0 Å². The maximum atomic E-state index is 12.9. The number of halogens is 2. The van der Waals surface area contributed by atoms with Gasteiger partial charge in [-0.1, -0.05) is 13.3 Å². The Morgan fingerprint density at radius 2 is 2.27 bits per heavy atom. The Bertz CT molecular complexity index is 352. The Hall–Kier alpha value is -1.09. The van der Waals surface area contributed by atoms with E-state index in [0.29, 0.717) is 6.61 Å². The molecule has 1 aromatic carbocycles. The molecule has 2 nitrogen and oxygen atoms in total. The topological polar surface area (TPSA) is 26.3 Å².